The van der Waals surface area contributed by atoms with Crippen molar-refractivity contribution in [3.63, 3.8) is 0 Å². The van der Waals surface area contributed by atoms with Crippen LogP contribution in [-0.2, 0) is 4.79 Å². The standard InChI is InChI=1S/C10H12N2O5S/c1-5-3-6(8(18-5)9(14)15)17-4-7(13)12-10(16)11-2/h3H,4H2,1-2H3,(H,14,15)(H2,11,12,13,16). The highest BCUT2D eigenvalue weighted by molar-refractivity contribution is 7.14. The van der Waals surface area contributed by atoms with E-state index < -0.39 is 24.5 Å². The van der Waals surface area contributed by atoms with Gasteiger partial charge in [-0.2, -0.15) is 0 Å². The number of nitrogens with one attached hydrogen (secondary N) is 2. The van der Waals surface area contributed by atoms with Crippen LogP contribution in [0.3, 0.4) is 0 Å². The fraction of sp³-hybridized carbons (Fsp3) is 0.300. The van der Waals surface area contributed by atoms with Crippen LogP contribution in [0.1, 0.15) is 14.5 Å². The van der Waals surface area contributed by atoms with Crippen molar-refractivity contribution in [3.8, 4) is 5.75 Å². The summed E-state index contributed by atoms with van der Waals surface area (Å²) in [5.74, 6) is -1.65. The number of ether oxygens (including phenoxy) is 1. The molecule has 0 aliphatic carbocycles. The molecule has 0 fully saturated rings. The zero-order valence-electron chi connectivity index (χ0n) is 9.77. The number of carboxylic acids is 1. The number of rotatable bonds is 4. The third kappa shape index (κ3) is 3.74. The molecule has 18 heavy (non-hydrogen) atoms. The average molecular weight is 272 g/mol. The number of carbonyl (C=O) groups excluding carboxylic acids is 2. The molecular weight excluding hydrogens is 260 g/mol. The third-order valence-corrected chi connectivity index (χ3v) is 2.87. The third-order valence-electron chi connectivity index (χ3n) is 1.85. The Bertz CT molecular complexity index is 483. The summed E-state index contributed by atoms with van der Waals surface area (Å²) in [4.78, 5) is 33.7. The highest BCUT2D eigenvalue weighted by Crippen LogP contribution is 2.28. The number of hydrogen-bond acceptors (Lipinski definition) is 5. The van der Waals surface area contributed by atoms with E-state index in [0.29, 0.717) is 0 Å². The molecule has 7 nitrogen and oxygen atoms in total. The summed E-state index contributed by atoms with van der Waals surface area (Å²) in [6.45, 7) is 1.30. The van der Waals surface area contributed by atoms with Gasteiger partial charge in [-0.15, -0.1) is 11.3 Å². The summed E-state index contributed by atoms with van der Waals surface area (Å²) in [6, 6.07) is 0.880. The molecule has 98 valence electrons. The minimum absolute atomic E-state index is 0.0280. The van der Waals surface area contributed by atoms with E-state index in [9.17, 15) is 14.4 Å². The van der Waals surface area contributed by atoms with Gasteiger partial charge in [0, 0.05) is 11.9 Å². The van der Waals surface area contributed by atoms with Gasteiger partial charge in [-0.1, -0.05) is 0 Å². The Labute approximate surface area is 107 Å². The Morgan fingerprint density at radius 3 is 2.67 bits per heavy atom. The van der Waals surface area contributed by atoms with E-state index in [-0.39, 0.29) is 10.6 Å². The van der Waals surface area contributed by atoms with Crippen LogP contribution >= 0.6 is 11.3 Å². The molecule has 0 radical (unpaired) electrons. The van der Waals surface area contributed by atoms with Crippen molar-refractivity contribution >= 4 is 29.2 Å². The molecule has 0 saturated carbocycles. The number of aromatic carboxylic acids is 1. The minimum atomic E-state index is -1.12. The summed E-state index contributed by atoms with van der Waals surface area (Å²) >= 11 is 1.06. The molecule has 1 rings (SSSR count). The summed E-state index contributed by atoms with van der Waals surface area (Å²) in [6.07, 6.45) is 0. The summed E-state index contributed by atoms with van der Waals surface area (Å²) in [5, 5.41) is 13.1. The number of aryl methyl sites for hydroxylation is 1. The van der Waals surface area contributed by atoms with Gasteiger partial charge >= 0.3 is 12.0 Å². The predicted octanol–water partition coefficient (Wildman–Crippen LogP) is 0.589. The maximum Gasteiger partial charge on any atom is 0.349 e. The smallest absolute Gasteiger partial charge is 0.349 e. The Balaban J connectivity index is 2.61. The molecule has 0 atom stereocenters. The number of thiophene rings is 1. The molecule has 0 saturated heterocycles. The molecule has 0 spiro atoms. The number of amides is 3. The van der Waals surface area contributed by atoms with Gasteiger partial charge in [-0.3, -0.25) is 10.1 Å². The number of carboxylic acid groups (broad SMARTS) is 1. The lowest BCUT2D eigenvalue weighted by atomic mass is 10.4. The largest absolute Gasteiger partial charge is 0.482 e. The molecule has 0 aromatic carbocycles. The maximum atomic E-state index is 11.2. The van der Waals surface area contributed by atoms with E-state index in [0.717, 1.165) is 16.2 Å². The van der Waals surface area contributed by atoms with Gasteiger partial charge < -0.3 is 15.2 Å². The molecular formula is C10H12N2O5S. The second-order valence-electron chi connectivity index (χ2n) is 3.27. The second kappa shape index (κ2) is 6.01. The van der Waals surface area contributed by atoms with E-state index >= 15 is 0 Å². The first-order chi connectivity index (χ1) is 8.43. The highest BCUT2D eigenvalue weighted by atomic mass is 32.1. The van der Waals surface area contributed by atoms with Gasteiger partial charge in [0.15, 0.2) is 11.5 Å². The van der Waals surface area contributed by atoms with E-state index in [4.69, 9.17) is 9.84 Å². The van der Waals surface area contributed by atoms with Crippen molar-refractivity contribution in [1.29, 1.82) is 0 Å². The van der Waals surface area contributed by atoms with Gasteiger partial charge in [-0.05, 0) is 13.0 Å². The Hall–Kier alpha value is -2.09. The fourth-order valence-electron chi connectivity index (χ4n) is 1.12. The van der Waals surface area contributed by atoms with E-state index in [1.807, 2.05) is 5.32 Å². The second-order valence-corrected chi connectivity index (χ2v) is 4.53. The molecule has 1 aromatic heterocycles. The Morgan fingerprint density at radius 2 is 2.11 bits per heavy atom. The van der Waals surface area contributed by atoms with Crippen molar-refractivity contribution in [2.24, 2.45) is 0 Å². The summed E-state index contributed by atoms with van der Waals surface area (Å²) in [7, 11) is 1.37. The first kappa shape index (κ1) is 14.0. The Kier molecular flexibility index (Phi) is 4.67. The average Bonchev–Trinajstić information content (AvgIpc) is 2.68. The van der Waals surface area contributed by atoms with Gasteiger partial charge in [0.1, 0.15) is 5.75 Å². The van der Waals surface area contributed by atoms with Crippen molar-refractivity contribution in [2.75, 3.05) is 13.7 Å². The predicted molar refractivity (Wildman–Crippen MR) is 64.1 cm³/mol. The van der Waals surface area contributed by atoms with Gasteiger partial charge in [0.05, 0.1) is 0 Å². The Morgan fingerprint density at radius 1 is 1.44 bits per heavy atom. The quantitative estimate of drug-likeness (QED) is 0.744. The molecule has 3 amide bonds. The lowest BCUT2D eigenvalue weighted by Gasteiger charge is -2.05. The lowest BCUT2D eigenvalue weighted by molar-refractivity contribution is -0.122. The highest BCUT2D eigenvalue weighted by Gasteiger charge is 2.16. The van der Waals surface area contributed by atoms with Crippen LogP contribution in [-0.4, -0.2) is 36.7 Å². The van der Waals surface area contributed by atoms with Crippen molar-refractivity contribution < 1.29 is 24.2 Å². The monoisotopic (exact) mass is 272 g/mol. The number of carbonyl (C=O) groups is 3. The normalized spacial score (nSPS) is 9.67. The SMILES string of the molecule is CNC(=O)NC(=O)COc1cc(C)sc1C(=O)O. The maximum absolute atomic E-state index is 11.2. The first-order valence-electron chi connectivity index (χ1n) is 4.92. The van der Waals surface area contributed by atoms with Gasteiger partial charge in [0.2, 0.25) is 0 Å². The molecule has 0 bridgehead atoms. The molecule has 0 aliphatic rings. The van der Waals surface area contributed by atoms with Crippen LogP contribution in [0, 0.1) is 6.92 Å². The zero-order chi connectivity index (χ0) is 13.7. The topological polar surface area (TPSA) is 105 Å². The van der Waals surface area contributed by atoms with Crippen LogP contribution < -0.4 is 15.4 Å². The molecule has 8 heteroatoms. The molecule has 1 heterocycles. The molecule has 1 aromatic rings. The van der Waals surface area contributed by atoms with Gasteiger partial charge in [-0.25, -0.2) is 9.59 Å². The molecule has 3 N–H and O–H groups in total. The first-order valence-corrected chi connectivity index (χ1v) is 5.73. The van der Waals surface area contributed by atoms with Crippen LogP contribution in [0.4, 0.5) is 4.79 Å². The zero-order valence-corrected chi connectivity index (χ0v) is 10.6. The van der Waals surface area contributed by atoms with Crippen LogP contribution in [0.5, 0.6) is 5.75 Å². The lowest BCUT2D eigenvalue weighted by Crippen LogP contribution is -2.40. The van der Waals surface area contributed by atoms with Crippen LogP contribution in [0.25, 0.3) is 0 Å². The molecule has 0 aliphatic heterocycles. The van der Waals surface area contributed by atoms with Crippen molar-refractivity contribution in [2.45, 2.75) is 6.92 Å². The van der Waals surface area contributed by atoms with Crippen LogP contribution in [0.2, 0.25) is 0 Å². The number of hydrogen-bond donors (Lipinski definition) is 3. The van der Waals surface area contributed by atoms with Gasteiger partial charge in [0.25, 0.3) is 5.91 Å². The molecule has 0 unspecified atom stereocenters. The van der Waals surface area contributed by atoms with Crippen molar-refractivity contribution in [3.05, 3.63) is 15.8 Å². The van der Waals surface area contributed by atoms with E-state index in [1.165, 1.54) is 13.1 Å². The van der Waals surface area contributed by atoms with E-state index in [1.54, 1.807) is 6.92 Å². The number of imide groups is 1. The fourth-order valence-corrected chi connectivity index (χ4v) is 1.91. The summed E-state index contributed by atoms with van der Waals surface area (Å²) < 4.78 is 5.06. The van der Waals surface area contributed by atoms with E-state index in [2.05, 4.69) is 5.32 Å². The summed E-state index contributed by atoms with van der Waals surface area (Å²) in [5.41, 5.74) is 0. The van der Waals surface area contributed by atoms with Crippen molar-refractivity contribution in [1.82, 2.24) is 10.6 Å². The minimum Gasteiger partial charge on any atom is -0.482 e. The number of urea groups is 1. The van der Waals surface area contributed by atoms with Crippen LogP contribution in [0.15, 0.2) is 6.07 Å².